The Morgan fingerprint density at radius 3 is 2.79 bits per heavy atom. The van der Waals surface area contributed by atoms with E-state index in [1.165, 1.54) is 5.57 Å². The van der Waals surface area contributed by atoms with E-state index in [-0.39, 0.29) is 29.1 Å². The van der Waals surface area contributed by atoms with Crippen LogP contribution in [0.5, 0.6) is 0 Å². The van der Waals surface area contributed by atoms with Crippen LogP contribution in [-0.4, -0.2) is 23.6 Å². The van der Waals surface area contributed by atoms with Crippen molar-refractivity contribution in [3.05, 3.63) is 11.6 Å². The van der Waals surface area contributed by atoms with Gasteiger partial charge in [-0.25, -0.2) is 0 Å². The zero-order chi connectivity index (χ0) is 20.6. The molecule has 29 heavy (non-hydrogen) atoms. The number of rotatable bonds is 5. The molecule has 0 N–H and O–H groups in total. The van der Waals surface area contributed by atoms with Crippen LogP contribution in [0.1, 0.15) is 97.8 Å². The van der Waals surface area contributed by atoms with Crippen LogP contribution < -0.4 is 0 Å². The highest BCUT2D eigenvalue weighted by molar-refractivity contribution is 5.71. The Bertz CT molecular complexity index is 682. The number of unbranched alkanes of at least 4 members (excludes halogenated alkanes) is 2. The molecule has 0 spiro atoms. The summed E-state index contributed by atoms with van der Waals surface area (Å²) < 4.78 is 11.7. The molecule has 2 saturated carbocycles. The van der Waals surface area contributed by atoms with E-state index in [4.69, 9.17) is 9.47 Å². The van der Waals surface area contributed by atoms with Crippen molar-refractivity contribution < 1.29 is 19.1 Å². The van der Waals surface area contributed by atoms with E-state index in [2.05, 4.69) is 26.8 Å². The lowest BCUT2D eigenvalue weighted by atomic mass is 9.49. The van der Waals surface area contributed by atoms with Gasteiger partial charge in [0.05, 0.1) is 0 Å². The van der Waals surface area contributed by atoms with Gasteiger partial charge in [-0.3, -0.25) is 9.59 Å². The summed E-state index contributed by atoms with van der Waals surface area (Å²) in [5.74, 6) is 1.74. The van der Waals surface area contributed by atoms with Gasteiger partial charge in [-0.1, -0.05) is 38.3 Å². The van der Waals surface area contributed by atoms with Crippen molar-refractivity contribution in [2.75, 3.05) is 0 Å². The number of hydrogen-bond donors (Lipinski definition) is 0. The van der Waals surface area contributed by atoms with Crippen LogP contribution in [0.4, 0.5) is 0 Å². The predicted octanol–water partition coefficient (Wildman–Crippen LogP) is 5.74. The molecular formula is C25H38O4. The molecule has 4 heteroatoms. The van der Waals surface area contributed by atoms with Gasteiger partial charge in [-0.2, -0.15) is 0 Å². The average Bonchev–Trinajstić information content (AvgIpc) is 2.67. The Labute approximate surface area is 175 Å². The van der Waals surface area contributed by atoms with Gasteiger partial charge >= 0.3 is 11.9 Å². The second-order valence-corrected chi connectivity index (χ2v) is 10.4. The summed E-state index contributed by atoms with van der Waals surface area (Å²) >= 11 is 0. The smallest absolute Gasteiger partial charge is 0.306 e. The van der Waals surface area contributed by atoms with Gasteiger partial charge in [0.2, 0.25) is 0 Å². The molecule has 3 aliphatic carbocycles. The van der Waals surface area contributed by atoms with E-state index in [1.54, 1.807) is 0 Å². The van der Waals surface area contributed by atoms with E-state index in [0.717, 1.165) is 64.2 Å². The molecule has 0 bridgehead atoms. The lowest BCUT2D eigenvalue weighted by Gasteiger charge is -2.59. The quantitative estimate of drug-likeness (QED) is 0.334. The van der Waals surface area contributed by atoms with Crippen LogP contribution in [0.15, 0.2) is 11.6 Å². The Morgan fingerprint density at radius 1 is 1.17 bits per heavy atom. The van der Waals surface area contributed by atoms with Crippen LogP contribution in [-0.2, 0) is 19.1 Å². The van der Waals surface area contributed by atoms with E-state index in [9.17, 15) is 9.59 Å². The molecule has 0 radical (unpaired) electrons. The Kier molecular flexibility index (Phi) is 5.83. The number of carbonyl (C=O) groups is 2. The fourth-order valence-electron chi connectivity index (χ4n) is 7.01. The van der Waals surface area contributed by atoms with Crippen LogP contribution in [0.2, 0.25) is 0 Å². The first-order valence-corrected chi connectivity index (χ1v) is 12.0. The molecule has 1 aliphatic heterocycles. The maximum atomic E-state index is 12.2. The summed E-state index contributed by atoms with van der Waals surface area (Å²) in [6.45, 7) is 6.77. The number of carbonyl (C=O) groups excluding carboxylic acids is 2. The van der Waals surface area contributed by atoms with E-state index in [0.29, 0.717) is 30.6 Å². The van der Waals surface area contributed by atoms with E-state index >= 15 is 0 Å². The molecule has 162 valence electrons. The van der Waals surface area contributed by atoms with Crippen molar-refractivity contribution in [2.45, 2.75) is 110 Å². The molecule has 4 nitrogen and oxygen atoms in total. The minimum atomic E-state index is -0.260. The summed E-state index contributed by atoms with van der Waals surface area (Å²) in [6, 6.07) is 0. The van der Waals surface area contributed by atoms with Gasteiger partial charge < -0.3 is 9.47 Å². The maximum absolute atomic E-state index is 12.2. The topological polar surface area (TPSA) is 52.6 Å². The standard InChI is InChI=1S/C25H38O4/c1-4-5-6-7-22(26)28-18-12-14-24(2)17(16-18)8-9-19-20(24)13-15-25(3)21(19)10-11-23(27)29-25/h8,18-21H,4-7,9-16H2,1-3H3/t18-,19+,20-,21-,24-,25-/m0/s1. The molecule has 0 amide bonds. The molecular weight excluding hydrogens is 364 g/mol. The summed E-state index contributed by atoms with van der Waals surface area (Å²) in [5, 5.41) is 0. The fraction of sp³-hybridized carbons (Fsp3) is 0.840. The first-order valence-electron chi connectivity index (χ1n) is 12.0. The summed E-state index contributed by atoms with van der Waals surface area (Å²) in [4.78, 5) is 24.1. The Hall–Kier alpha value is -1.32. The average molecular weight is 403 g/mol. The van der Waals surface area contributed by atoms with Crippen molar-refractivity contribution in [1.82, 2.24) is 0 Å². The second kappa shape index (κ2) is 8.07. The summed E-state index contributed by atoms with van der Waals surface area (Å²) in [7, 11) is 0. The lowest BCUT2D eigenvalue weighted by molar-refractivity contribution is -0.193. The maximum Gasteiger partial charge on any atom is 0.306 e. The van der Waals surface area contributed by atoms with Crippen molar-refractivity contribution >= 4 is 11.9 Å². The molecule has 0 aromatic heterocycles. The highest BCUT2D eigenvalue weighted by atomic mass is 16.6. The number of hydrogen-bond acceptors (Lipinski definition) is 4. The SMILES string of the molecule is CCCCCC(=O)O[C@H]1CC[C@@]2(C)C(=CC[C@@H]3[C@@H]2CC[C@]2(C)OC(=O)CC[C@@H]32)C1. The Balaban J connectivity index is 1.43. The molecule has 4 aliphatic rings. The highest BCUT2D eigenvalue weighted by Crippen LogP contribution is 2.61. The first-order chi connectivity index (χ1) is 13.9. The molecule has 0 aromatic carbocycles. The summed E-state index contributed by atoms with van der Waals surface area (Å²) in [6.07, 6.45) is 14.0. The molecule has 1 heterocycles. The zero-order valence-electron chi connectivity index (χ0n) is 18.5. The number of fused-ring (bicyclic) bond motifs is 5. The minimum absolute atomic E-state index is 0.0123. The zero-order valence-corrected chi connectivity index (χ0v) is 18.5. The minimum Gasteiger partial charge on any atom is -0.462 e. The second-order valence-electron chi connectivity index (χ2n) is 10.4. The predicted molar refractivity (Wildman–Crippen MR) is 112 cm³/mol. The van der Waals surface area contributed by atoms with E-state index < -0.39 is 0 Å². The van der Waals surface area contributed by atoms with Crippen LogP contribution in [0.25, 0.3) is 0 Å². The Morgan fingerprint density at radius 2 is 2.00 bits per heavy atom. The van der Waals surface area contributed by atoms with Gasteiger partial charge in [-0.15, -0.1) is 0 Å². The molecule has 0 unspecified atom stereocenters. The molecule has 3 fully saturated rings. The number of allylic oxidation sites excluding steroid dienone is 1. The van der Waals surface area contributed by atoms with Crippen LogP contribution in [0.3, 0.4) is 0 Å². The molecule has 1 saturated heterocycles. The van der Waals surface area contributed by atoms with Crippen molar-refractivity contribution in [3.63, 3.8) is 0 Å². The molecule has 0 aromatic rings. The van der Waals surface area contributed by atoms with Crippen molar-refractivity contribution in [1.29, 1.82) is 0 Å². The van der Waals surface area contributed by atoms with E-state index in [1.807, 2.05) is 0 Å². The largest absolute Gasteiger partial charge is 0.462 e. The van der Waals surface area contributed by atoms with Crippen LogP contribution in [0, 0.1) is 23.2 Å². The van der Waals surface area contributed by atoms with Crippen molar-refractivity contribution in [3.8, 4) is 0 Å². The monoisotopic (exact) mass is 402 g/mol. The van der Waals surface area contributed by atoms with Gasteiger partial charge in [-0.05, 0) is 69.1 Å². The fourth-order valence-corrected chi connectivity index (χ4v) is 7.01. The number of esters is 2. The van der Waals surface area contributed by atoms with Gasteiger partial charge in [0.15, 0.2) is 0 Å². The van der Waals surface area contributed by atoms with Gasteiger partial charge in [0.25, 0.3) is 0 Å². The normalized spacial score (nSPS) is 41.3. The third-order valence-corrected chi connectivity index (χ3v) is 8.68. The molecule has 6 atom stereocenters. The van der Waals surface area contributed by atoms with Crippen LogP contribution >= 0.6 is 0 Å². The third kappa shape index (κ3) is 3.88. The van der Waals surface area contributed by atoms with Crippen molar-refractivity contribution in [2.24, 2.45) is 23.2 Å². The lowest BCUT2D eigenvalue weighted by Crippen LogP contribution is -2.56. The molecule has 4 rings (SSSR count). The number of ether oxygens (including phenoxy) is 2. The summed E-state index contributed by atoms with van der Waals surface area (Å²) in [5.41, 5.74) is 1.48. The first kappa shape index (κ1) is 20.9. The van der Waals surface area contributed by atoms with Gasteiger partial charge in [0.1, 0.15) is 11.7 Å². The highest BCUT2D eigenvalue weighted by Gasteiger charge is 2.57. The van der Waals surface area contributed by atoms with Gasteiger partial charge in [0, 0.05) is 25.2 Å². The third-order valence-electron chi connectivity index (χ3n) is 8.68.